The number of carbonyl (C=O) groups excluding carboxylic acids is 1. The largest absolute Gasteiger partial charge is 0.494 e. The second-order valence-electron chi connectivity index (χ2n) is 6.45. The maximum atomic E-state index is 12.7. The Morgan fingerprint density at radius 2 is 2.15 bits per heavy atom. The summed E-state index contributed by atoms with van der Waals surface area (Å²) in [6.45, 7) is 6.91. The van der Waals surface area contributed by atoms with Gasteiger partial charge in [0.2, 0.25) is 0 Å². The topological polar surface area (TPSA) is 72.3 Å². The molecule has 8 heteroatoms. The van der Waals surface area contributed by atoms with Gasteiger partial charge in [0.25, 0.3) is 0 Å². The lowest BCUT2D eigenvalue weighted by atomic mass is 10.0. The highest BCUT2D eigenvalue weighted by Gasteiger charge is 2.24. The highest BCUT2D eigenvalue weighted by atomic mass is 35.5. The molecule has 0 aliphatic carbocycles. The van der Waals surface area contributed by atoms with E-state index >= 15 is 0 Å². The van der Waals surface area contributed by atoms with Gasteiger partial charge in [-0.2, -0.15) is 5.10 Å². The molecule has 0 radical (unpaired) electrons. The lowest BCUT2D eigenvalue weighted by molar-refractivity contribution is 0.196. The SMILES string of the molecule is CCOc1ccc(Cl)cc1CN(C)C(=O)NC(c1ncnn1C)C(C)C. The molecule has 142 valence electrons. The van der Waals surface area contributed by atoms with Crippen molar-refractivity contribution in [3.8, 4) is 5.75 Å². The number of halogens is 1. The van der Waals surface area contributed by atoms with Gasteiger partial charge in [-0.15, -0.1) is 0 Å². The fourth-order valence-corrected chi connectivity index (χ4v) is 2.85. The molecule has 2 amide bonds. The molecule has 0 bridgehead atoms. The number of benzene rings is 1. The molecular formula is C18H26ClN5O2. The normalized spacial score (nSPS) is 12.1. The van der Waals surface area contributed by atoms with Crippen LogP contribution in [0.3, 0.4) is 0 Å². The molecule has 2 aromatic rings. The summed E-state index contributed by atoms with van der Waals surface area (Å²) >= 11 is 6.10. The first kappa shape index (κ1) is 20.0. The number of nitrogens with zero attached hydrogens (tertiary/aromatic N) is 4. The fraction of sp³-hybridized carbons (Fsp3) is 0.500. The van der Waals surface area contributed by atoms with Crippen molar-refractivity contribution >= 4 is 17.6 Å². The zero-order valence-electron chi connectivity index (χ0n) is 15.9. The summed E-state index contributed by atoms with van der Waals surface area (Å²) < 4.78 is 7.30. The summed E-state index contributed by atoms with van der Waals surface area (Å²) in [4.78, 5) is 18.6. The van der Waals surface area contributed by atoms with Gasteiger partial charge in [0.05, 0.1) is 19.2 Å². The molecule has 1 aromatic carbocycles. The second kappa shape index (κ2) is 8.89. The summed E-state index contributed by atoms with van der Waals surface area (Å²) in [7, 11) is 3.55. The zero-order chi connectivity index (χ0) is 19.3. The van der Waals surface area contributed by atoms with E-state index in [-0.39, 0.29) is 18.0 Å². The Hall–Kier alpha value is -2.28. The van der Waals surface area contributed by atoms with Gasteiger partial charge in [-0.05, 0) is 31.0 Å². The van der Waals surface area contributed by atoms with E-state index in [1.54, 1.807) is 22.7 Å². The number of aromatic nitrogens is 3. The standard InChI is InChI=1S/C18H26ClN5O2/c1-6-26-15-8-7-14(19)9-13(15)10-23(4)18(25)22-16(12(2)3)17-20-11-21-24(17)5/h7-9,11-12,16H,6,10H2,1-5H3,(H,22,25). The van der Waals surface area contributed by atoms with E-state index in [1.807, 2.05) is 40.0 Å². The van der Waals surface area contributed by atoms with Crippen LogP contribution in [-0.2, 0) is 13.6 Å². The average molecular weight is 380 g/mol. The predicted octanol–water partition coefficient (Wildman–Crippen LogP) is 3.41. The minimum Gasteiger partial charge on any atom is -0.494 e. The molecule has 1 aromatic heterocycles. The summed E-state index contributed by atoms with van der Waals surface area (Å²) in [5.74, 6) is 1.62. The number of carbonyl (C=O) groups is 1. The maximum Gasteiger partial charge on any atom is 0.318 e. The molecule has 0 spiro atoms. The first-order chi connectivity index (χ1) is 12.3. The first-order valence-electron chi connectivity index (χ1n) is 8.60. The highest BCUT2D eigenvalue weighted by molar-refractivity contribution is 6.30. The molecule has 0 aliphatic rings. The average Bonchev–Trinajstić information content (AvgIpc) is 3.00. The van der Waals surface area contributed by atoms with Gasteiger partial charge in [-0.3, -0.25) is 4.68 Å². The Balaban J connectivity index is 2.12. The second-order valence-corrected chi connectivity index (χ2v) is 6.89. The van der Waals surface area contributed by atoms with Gasteiger partial charge in [-0.1, -0.05) is 25.4 Å². The number of ether oxygens (including phenoxy) is 1. The molecule has 26 heavy (non-hydrogen) atoms. The van der Waals surface area contributed by atoms with Crippen molar-refractivity contribution < 1.29 is 9.53 Å². The minimum absolute atomic E-state index is 0.167. The Bertz CT molecular complexity index is 747. The van der Waals surface area contributed by atoms with Crippen LogP contribution in [0, 0.1) is 5.92 Å². The summed E-state index contributed by atoms with van der Waals surface area (Å²) in [5.41, 5.74) is 0.858. The Kier molecular flexibility index (Phi) is 6.85. The third-order valence-electron chi connectivity index (χ3n) is 4.05. The van der Waals surface area contributed by atoms with E-state index in [0.717, 1.165) is 17.1 Å². The molecule has 2 rings (SSSR count). The van der Waals surface area contributed by atoms with Crippen LogP contribution in [0.15, 0.2) is 24.5 Å². The Labute approximate surface area is 159 Å². The Morgan fingerprint density at radius 3 is 2.73 bits per heavy atom. The van der Waals surface area contributed by atoms with Gasteiger partial charge < -0.3 is 15.0 Å². The monoisotopic (exact) mass is 379 g/mol. The lowest BCUT2D eigenvalue weighted by Gasteiger charge is -2.26. The third kappa shape index (κ3) is 4.88. The van der Waals surface area contributed by atoms with Gasteiger partial charge >= 0.3 is 6.03 Å². The van der Waals surface area contributed by atoms with Crippen LogP contribution in [0.25, 0.3) is 0 Å². The number of urea groups is 1. The van der Waals surface area contributed by atoms with Crippen LogP contribution in [0.2, 0.25) is 5.02 Å². The van der Waals surface area contributed by atoms with Crippen LogP contribution in [0.4, 0.5) is 4.79 Å². The number of amides is 2. The number of hydrogen-bond donors (Lipinski definition) is 1. The van der Waals surface area contributed by atoms with Crippen LogP contribution < -0.4 is 10.1 Å². The van der Waals surface area contributed by atoms with Crippen molar-refractivity contribution in [2.24, 2.45) is 13.0 Å². The molecule has 1 heterocycles. The molecule has 1 N–H and O–H groups in total. The molecule has 0 fully saturated rings. The summed E-state index contributed by atoms with van der Waals surface area (Å²) in [5, 5.41) is 7.73. The number of nitrogens with one attached hydrogen (secondary N) is 1. The molecule has 1 atom stereocenters. The van der Waals surface area contributed by atoms with Crippen molar-refractivity contribution in [3.63, 3.8) is 0 Å². The molecule has 0 saturated heterocycles. The van der Waals surface area contributed by atoms with Crippen LogP contribution in [-0.4, -0.2) is 39.4 Å². The maximum absolute atomic E-state index is 12.7. The quantitative estimate of drug-likeness (QED) is 0.800. The van der Waals surface area contributed by atoms with Crippen molar-refractivity contribution in [2.45, 2.75) is 33.4 Å². The smallest absolute Gasteiger partial charge is 0.318 e. The van der Waals surface area contributed by atoms with Gasteiger partial charge in [0, 0.05) is 24.7 Å². The van der Waals surface area contributed by atoms with E-state index in [1.165, 1.54) is 6.33 Å². The number of hydrogen-bond acceptors (Lipinski definition) is 4. The summed E-state index contributed by atoms with van der Waals surface area (Å²) in [6, 6.07) is 4.98. The van der Waals surface area contributed by atoms with E-state index in [0.29, 0.717) is 18.2 Å². The van der Waals surface area contributed by atoms with E-state index < -0.39 is 0 Å². The van der Waals surface area contributed by atoms with Crippen molar-refractivity contribution in [2.75, 3.05) is 13.7 Å². The highest BCUT2D eigenvalue weighted by Crippen LogP contribution is 2.25. The fourth-order valence-electron chi connectivity index (χ4n) is 2.65. The molecule has 1 unspecified atom stereocenters. The van der Waals surface area contributed by atoms with Crippen molar-refractivity contribution in [1.82, 2.24) is 25.0 Å². The van der Waals surface area contributed by atoms with E-state index in [2.05, 4.69) is 15.4 Å². The number of rotatable bonds is 7. The van der Waals surface area contributed by atoms with E-state index in [9.17, 15) is 4.79 Å². The van der Waals surface area contributed by atoms with Crippen LogP contribution in [0.1, 0.15) is 38.2 Å². The lowest BCUT2D eigenvalue weighted by Crippen LogP contribution is -2.41. The van der Waals surface area contributed by atoms with Crippen LogP contribution >= 0.6 is 11.6 Å². The van der Waals surface area contributed by atoms with Crippen molar-refractivity contribution in [3.05, 3.63) is 40.9 Å². The van der Waals surface area contributed by atoms with Gasteiger partial charge in [0.15, 0.2) is 0 Å². The van der Waals surface area contributed by atoms with Crippen LogP contribution in [0.5, 0.6) is 5.75 Å². The number of aryl methyl sites for hydroxylation is 1. The first-order valence-corrected chi connectivity index (χ1v) is 8.98. The molecule has 0 saturated carbocycles. The molecular weight excluding hydrogens is 354 g/mol. The summed E-state index contributed by atoms with van der Waals surface area (Å²) in [6.07, 6.45) is 1.49. The minimum atomic E-state index is -0.233. The van der Waals surface area contributed by atoms with E-state index in [4.69, 9.17) is 16.3 Å². The third-order valence-corrected chi connectivity index (χ3v) is 4.28. The molecule has 0 aliphatic heterocycles. The molecule has 7 nitrogen and oxygen atoms in total. The van der Waals surface area contributed by atoms with Gasteiger partial charge in [0.1, 0.15) is 17.9 Å². The Morgan fingerprint density at radius 1 is 1.42 bits per heavy atom. The zero-order valence-corrected chi connectivity index (χ0v) is 16.6. The predicted molar refractivity (Wildman–Crippen MR) is 101 cm³/mol. The van der Waals surface area contributed by atoms with Crippen molar-refractivity contribution in [1.29, 1.82) is 0 Å². The van der Waals surface area contributed by atoms with Gasteiger partial charge in [-0.25, -0.2) is 9.78 Å².